The summed E-state index contributed by atoms with van der Waals surface area (Å²) in [5, 5.41) is 2.52. The Labute approximate surface area is 119 Å². The minimum absolute atomic E-state index is 1.14. The molecule has 3 aromatic rings. The van der Waals surface area contributed by atoms with E-state index < -0.39 is 0 Å². The van der Waals surface area contributed by atoms with Crippen LogP contribution in [0.5, 0.6) is 0 Å². The van der Waals surface area contributed by atoms with Crippen LogP contribution in [-0.4, -0.2) is 0 Å². The molecule has 0 aromatic heterocycles. The third kappa shape index (κ3) is 2.55. The van der Waals surface area contributed by atoms with Gasteiger partial charge in [-0.25, -0.2) is 0 Å². The number of rotatable bonds is 3. The van der Waals surface area contributed by atoms with E-state index in [-0.39, 0.29) is 0 Å². The van der Waals surface area contributed by atoms with Crippen molar-refractivity contribution in [1.82, 2.24) is 0 Å². The summed E-state index contributed by atoms with van der Waals surface area (Å²) in [7, 11) is 0. The van der Waals surface area contributed by atoms with Crippen LogP contribution in [0.4, 0.5) is 0 Å². The molecule has 0 heterocycles. The van der Waals surface area contributed by atoms with Gasteiger partial charge in [-0.1, -0.05) is 79.4 Å². The molecule has 0 aliphatic rings. The Kier molecular flexibility index (Phi) is 3.47. The Morgan fingerprint density at radius 3 is 2.20 bits per heavy atom. The van der Waals surface area contributed by atoms with Crippen molar-refractivity contribution in [2.45, 2.75) is 0 Å². The first-order chi connectivity index (χ1) is 9.86. The first kappa shape index (κ1) is 12.4. The third-order valence-electron chi connectivity index (χ3n) is 3.42. The van der Waals surface area contributed by atoms with Crippen molar-refractivity contribution in [3.8, 4) is 0 Å². The van der Waals surface area contributed by atoms with Crippen LogP contribution in [0.2, 0.25) is 0 Å². The van der Waals surface area contributed by atoms with Crippen molar-refractivity contribution in [2.24, 2.45) is 0 Å². The summed E-state index contributed by atoms with van der Waals surface area (Å²) in [5.41, 5.74) is 3.53. The van der Waals surface area contributed by atoms with Crippen LogP contribution in [0.25, 0.3) is 22.4 Å². The number of fused-ring (bicyclic) bond motifs is 1. The molecular formula is C20H16. The summed E-state index contributed by atoms with van der Waals surface area (Å²) in [4.78, 5) is 0. The topological polar surface area (TPSA) is 0 Å². The second-order valence-electron chi connectivity index (χ2n) is 4.78. The van der Waals surface area contributed by atoms with Crippen LogP contribution in [0.15, 0.2) is 85.5 Å². The Hall–Kier alpha value is -2.60. The summed E-state index contributed by atoms with van der Waals surface area (Å²) in [6, 6.07) is 25.3. The first-order valence-electron chi connectivity index (χ1n) is 6.75. The van der Waals surface area contributed by atoms with Crippen molar-refractivity contribution < 1.29 is 0 Å². The van der Waals surface area contributed by atoms with Crippen LogP contribution in [0.3, 0.4) is 0 Å². The molecule has 3 aromatic carbocycles. The van der Waals surface area contributed by atoms with Crippen LogP contribution in [0.1, 0.15) is 11.1 Å². The van der Waals surface area contributed by atoms with E-state index in [0.717, 1.165) is 5.57 Å². The van der Waals surface area contributed by atoms with Crippen molar-refractivity contribution in [3.05, 3.63) is 96.6 Å². The SMILES string of the molecule is C=CC(=Cc1ccccc1)c1ccc2ccccc2c1. The lowest BCUT2D eigenvalue weighted by Gasteiger charge is -2.05. The van der Waals surface area contributed by atoms with Gasteiger partial charge in [0, 0.05) is 0 Å². The molecule has 0 saturated carbocycles. The highest BCUT2D eigenvalue weighted by Crippen LogP contribution is 2.23. The summed E-state index contributed by atoms with van der Waals surface area (Å²) >= 11 is 0. The molecule has 0 amide bonds. The third-order valence-corrected chi connectivity index (χ3v) is 3.42. The first-order valence-corrected chi connectivity index (χ1v) is 6.75. The van der Waals surface area contributed by atoms with Gasteiger partial charge in [0.05, 0.1) is 0 Å². The lowest BCUT2D eigenvalue weighted by atomic mass is 9.99. The van der Waals surface area contributed by atoms with Crippen molar-refractivity contribution in [3.63, 3.8) is 0 Å². The van der Waals surface area contributed by atoms with E-state index in [1.807, 2.05) is 24.3 Å². The van der Waals surface area contributed by atoms with Crippen LogP contribution in [0, 0.1) is 0 Å². The van der Waals surface area contributed by atoms with E-state index >= 15 is 0 Å². The fraction of sp³-hybridized carbons (Fsp3) is 0. The van der Waals surface area contributed by atoms with Gasteiger partial charge in [-0.3, -0.25) is 0 Å². The van der Waals surface area contributed by atoms with Crippen molar-refractivity contribution >= 4 is 22.4 Å². The van der Waals surface area contributed by atoms with Gasteiger partial charge < -0.3 is 0 Å². The molecular weight excluding hydrogens is 240 g/mol. The van der Waals surface area contributed by atoms with Gasteiger partial charge in [0.15, 0.2) is 0 Å². The van der Waals surface area contributed by atoms with Crippen molar-refractivity contribution in [2.75, 3.05) is 0 Å². The summed E-state index contributed by atoms with van der Waals surface area (Å²) in [5.74, 6) is 0. The highest BCUT2D eigenvalue weighted by atomic mass is 14.0. The fourth-order valence-corrected chi connectivity index (χ4v) is 2.36. The van der Waals surface area contributed by atoms with E-state index in [4.69, 9.17) is 0 Å². The van der Waals surface area contributed by atoms with Crippen molar-refractivity contribution in [1.29, 1.82) is 0 Å². The van der Waals surface area contributed by atoms with E-state index in [2.05, 4.69) is 67.3 Å². The maximum atomic E-state index is 3.95. The Bertz CT molecular complexity index is 764. The van der Waals surface area contributed by atoms with Gasteiger partial charge in [-0.2, -0.15) is 0 Å². The predicted molar refractivity (Wildman–Crippen MR) is 88.5 cm³/mol. The minimum Gasteiger partial charge on any atom is -0.0984 e. The molecule has 0 aliphatic carbocycles. The van der Waals surface area contributed by atoms with E-state index in [9.17, 15) is 0 Å². The zero-order valence-electron chi connectivity index (χ0n) is 11.3. The smallest absolute Gasteiger partial charge is 0.0178 e. The number of benzene rings is 3. The summed E-state index contributed by atoms with van der Waals surface area (Å²) in [6.07, 6.45) is 4.08. The molecule has 0 fully saturated rings. The molecule has 0 radical (unpaired) electrons. The zero-order chi connectivity index (χ0) is 13.8. The number of hydrogen-bond acceptors (Lipinski definition) is 0. The van der Waals surface area contributed by atoms with E-state index in [1.165, 1.54) is 21.9 Å². The Morgan fingerprint density at radius 1 is 0.750 bits per heavy atom. The van der Waals surface area contributed by atoms with Gasteiger partial charge in [0.2, 0.25) is 0 Å². The maximum absolute atomic E-state index is 3.95. The van der Waals surface area contributed by atoms with Crippen LogP contribution in [-0.2, 0) is 0 Å². The largest absolute Gasteiger partial charge is 0.0984 e. The van der Waals surface area contributed by atoms with Gasteiger partial charge in [-0.05, 0) is 39.6 Å². The Balaban J connectivity index is 2.07. The monoisotopic (exact) mass is 256 g/mol. The standard InChI is InChI=1S/C20H16/c1-2-17(14-16-8-4-3-5-9-16)20-13-12-18-10-6-7-11-19(18)15-20/h2-15H,1H2. The number of allylic oxidation sites excluding steroid dienone is 2. The predicted octanol–water partition coefficient (Wildman–Crippen LogP) is 5.57. The van der Waals surface area contributed by atoms with E-state index in [1.54, 1.807) is 0 Å². The lowest BCUT2D eigenvalue weighted by molar-refractivity contribution is 1.64. The van der Waals surface area contributed by atoms with Gasteiger partial charge in [-0.15, -0.1) is 0 Å². The molecule has 0 unspecified atom stereocenters. The highest BCUT2D eigenvalue weighted by Gasteiger charge is 2.00. The molecule has 96 valence electrons. The van der Waals surface area contributed by atoms with E-state index in [0.29, 0.717) is 0 Å². The quantitative estimate of drug-likeness (QED) is 0.424. The second-order valence-corrected chi connectivity index (χ2v) is 4.78. The molecule has 0 saturated heterocycles. The highest BCUT2D eigenvalue weighted by molar-refractivity contribution is 5.92. The second kappa shape index (κ2) is 5.58. The Morgan fingerprint density at radius 2 is 1.45 bits per heavy atom. The molecule has 0 spiro atoms. The normalized spacial score (nSPS) is 11.5. The molecule has 0 nitrogen and oxygen atoms in total. The lowest BCUT2D eigenvalue weighted by Crippen LogP contribution is -1.82. The average Bonchev–Trinajstić information content (AvgIpc) is 2.53. The molecule has 3 rings (SSSR count). The molecule has 0 heteroatoms. The zero-order valence-corrected chi connectivity index (χ0v) is 11.3. The molecule has 0 aliphatic heterocycles. The van der Waals surface area contributed by atoms with Gasteiger partial charge >= 0.3 is 0 Å². The van der Waals surface area contributed by atoms with Gasteiger partial charge in [0.1, 0.15) is 0 Å². The summed E-state index contributed by atoms with van der Waals surface area (Å²) < 4.78 is 0. The minimum atomic E-state index is 1.14. The molecule has 20 heavy (non-hydrogen) atoms. The average molecular weight is 256 g/mol. The molecule has 0 bridgehead atoms. The maximum Gasteiger partial charge on any atom is -0.0178 e. The van der Waals surface area contributed by atoms with Crippen LogP contribution < -0.4 is 0 Å². The fourth-order valence-electron chi connectivity index (χ4n) is 2.36. The molecule has 0 atom stereocenters. The number of hydrogen-bond donors (Lipinski definition) is 0. The van der Waals surface area contributed by atoms with Gasteiger partial charge in [0.25, 0.3) is 0 Å². The summed E-state index contributed by atoms with van der Waals surface area (Å²) in [6.45, 7) is 3.95. The molecule has 0 N–H and O–H groups in total. The van der Waals surface area contributed by atoms with Crippen LogP contribution >= 0.6 is 0 Å².